The summed E-state index contributed by atoms with van der Waals surface area (Å²) in [7, 11) is 0. The Morgan fingerprint density at radius 2 is 1.60 bits per heavy atom. The molecule has 3 heteroatoms. The van der Waals surface area contributed by atoms with Crippen molar-refractivity contribution in [3.05, 3.63) is 29.8 Å². The van der Waals surface area contributed by atoms with Crippen molar-refractivity contribution in [2.45, 2.75) is 52.0 Å². The first kappa shape index (κ1) is 17.3. The maximum Gasteiger partial charge on any atom is 0.119 e. The molecule has 2 nitrogen and oxygen atoms in total. The first-order valence-corrected chi connectivity index (χ1v) is 8.13. The standard InChI is InChI=1S/C17H28ClNO/c1-5-11-19(12-6-2)13-17(18)15-7-9-16(10-8-15)20-14(3)4/h7-10,14,17H,5-6,11-13H2,1-4H3. The quantitative estimate of drug-likeness (QED) is 0.603. The highest BCUT2D eigenvalue weighted by Gasteiger charge is 2.13. The molecule has 0 saturated carbocycles. The topological polar surface area (TPSA) is 12.5 Å². The molecule has 0 amide bonds. The fourth-order valence-corrected chi connectivity index (χ4v) is 2.63. The Morgan fingerprint density at radius 3 is 2.05 bits per heavy atom. The van der Waals surface area contributed by atoms with Crippen LogP contribution in [-0.4, -0.2) is 30.6 Å². The van der Waals surface area contributed by atoms with Gasteiger partial charge in [0.25, 0.3) is 0 Å². The van der Waals surface area contributed by atoms with E-state index in [0.717, 1.165) is 25.4 Å². The first-order chi connectivity index (χ1) is 9.56. The van der Waals surface area contributed by atoms with Gasteiger partial charge in [-0.2, -0.15) is 0 Å². The molecule has 1 aromatic rings. The fourth-order valence-electron chi connectivity index (χ4n) is 2.29. The minimum absolute atomic E-state index is 0.0428. The van der Waals surface area contributed by atoms with Crippen LogP contribution in [0.25, 0.3) is 0 Å². The molecule has 0 heterocycles. The highest BCUT2D eigenvalue weighted by Crippen LogP contribution is 2.24. The van der Waals surface area contributed by atoms with Gasteiger partial charge in [-0.05, 0) is 57.5 Å². The molecule has 20 heavy (non-hydrogen) atoms. The summed E-state index contributed by atoms with van der Waals surface area (Å²) >= 11 is 6.55. The Balaban J connectivity index is 2.59. The van der Waals surface area contributed by atoms with Crippen molar-refractivity contribution in [1.29, 1.82) is 0 Å². The molecule has 0 radical (unpaired) electrons. The van der Waals surface area contributed by atoms with E-state index in [1.165, 1.54) is 18.4 Å². The molecule has 0 spiro atoms. The fraction of sp³-hybridized carbons (Fsp3) is 0.647. The second kappa shape index (κ2) is 9.25. The first-order valence-electron chi connectivity index (χ1n) is 7.69. The van der Waals surface area contributed by atoms with Crippen molar-refractivity contribution in [3.63, 3.8) is 0 Å². The SMILES string of the molecule is CCCN(CCC)CC(Cl)c1ccc(OC(C)C)cc1. The van der Waals surface area contributed by atoms with Gasteiger partial charge in [0.1, 0.15) is 5.75 Å². The predicted octanol–water partition coefficient (Wildman–Crippen LogP) is 4.88. The van der Waals surface area contributed by atoms with E-state index in [1.54, 1.807) is 0 Å². The van der Waals surface area contributed by atoms with Crippen molar-refractivity contribution in [3.8, 4) is 5.75 Å². The van der Waals surface area contributed by atoms with Gasteiger partial charge in [-0.1, -0.05) is 26.0 Å². The molecule has 1 unspecified atom stereocenters. The highest BCUT2D eigenvalue weighted by molar-refractivity contribution is 6.21. The summed E-state index contributed by atoms with van der Waals surface area (Å²) in [6.45, 7) is 11.6. The lowest BCUT2D eigenvalue weighted by atomic mass is 10.1. The second-order valence-electron chi connectivity index (χ2n) is 5.50. The number of hydrogen-bond donors (Lipinski definition) is 0. The minimum Gasteiger partial charge on any atom is -0.491 e. The van der Waals surface area contributed by atoms with E-state index < -0.39 is 0 Å². The third-order valence-electron chi connectivity index (χ3n) is 3.11. The number of alkyl halides is 1. The Hall–Kier alpha value is -0.730. The van der Waals surface area contributed by atoms with Gasteiger partial charge in [0.2, 0.25) is 0 Å². The zero-order chi connectivity index (χ0) is 15.0. The number of ether oxygens (including phenoxy) is 1. The van der Waals surface area contributed by atoms with Gasteiger partial charge in [-0.3, -0.25) is 0 Å². The number of nitrogens with zero attached hydrogens (tertiary/aromatic N) is 1. The van der Waals surface area contributed by atoms with Crippen LogP contribution in [0, 0.1) is 0 Å². The maximum atomic E-state index is 6.55. The molecule has 0 N–H and O–H groups in total. The third-order valence-corrected chi connectivity index (χ3v) is 3.50. The van der Waals surface area contributed by atoms with Crippen LogP contribution >= 0.6 is 11.6 Å². The van der Waals surface area contributed by atoms with E-state index in [-0.39, 0.29) is 11.5 Å². The number of rotatable bonds is 9. The smallest absolute Gasteiger partial charge is 0.119 e. The summed E-state index contributed by atoms with van der Waals surface area (Å²) in [6.07, 6.45) is 2.55. The van der Waals surface area contributed by atoms with Gasteiger partial charge in [-0.25, -0.2) is 0 Å². The largest absolute Gasteiger partial charge is 0.491 e. The van der Waals surface area contributed by atoms with Crippen LogP contribution in [0.3, 0.4) is 0 Å². The lowest BCUT2D eigenvalue weighted by Crippen LogP contribution is -2.28. The van der Waals surface area contributed by atoms with E-state index in [1.807, 2.05) is 26.0 Å². The van der Waals surface area contributed by atoms with Gasteiger partial charge in [0.15, 0.2) is 0 Å². The predicted molar refractivity (Wildman–Crippen MR) is 87.8 cm³/mol. The molecule has 0 saturated heterocycles. The van der Waals surface area contributed by atoms with E-state index >= 15 is 0 Å². The van der Waals surface area contributed by atoms with Gasteiger partial charge in [0, 0.05) is 6.54 Å². The molecule has 0 aromatic heterocycles. The average molecular weight is 298 g/mol. The van der Waals surface area contributed by atoms with Crippen molar-refractivity contribution in [2.24, 2.45) is 0 Å². The molecular weight excluding hydrogens is 270 g/mol. The van der Waals surface area contributed by atoms with Crippen LogP contribution in [-0.2, 0) is 0 Å². The van der Waals surface area contributed by atoms with E-state index in [2.05, 4.69) is 30.9 Å². The monoisotopic (exact) mass is 297 g/mol. The van der Waals surface area contributed by atoms with Crippen LogP contribution in [0.5, 0.6) is 5.75 Å². The van der Waals surface area contributed by atoms with Gasteiger partial charge in [-0.15, -0.1) is 11.6 Å². The molecule has 0 aliphatic rings. The molecule has 0 bridgehead atoms. The zero-order valence-electron chi connectivity index (χ0n) is 13.2. The van der Waals surface area contributed by atoms with Gasteiger partial charge < -0.3 is 9.64 Å². The van der Waals surface area contributed by atoms with Gasteiger partial charge >= 0.3 is 0 Å². The van der Waals surface area contributed by atoms with E-state index in [0.29, 0.717) is 0 Å². The Kier molecular flexibility index (Phi) is 8.01. The summed E-state index contributed by atoms with van der Waals surface area (Å²) in [5, 5.41) is 0.0428. The normalized spacial score (nSPS) is 12.9. The number of benzene rings is 1. The Labute approximate surface area is 129 Å². The highest BCUT2D eigenvalue weighted by atomic mass is 35.5. The summed E-state index contributed by atoms with van der Waals surface area (Å²) in [5.41, 5.74) is 1.17. The van der Waals surface area contributed by atoms with Crippen molar-refractivity contribution in [1.82, 2.24) is 4.90 Å². The van der Waals surface area contributed by atoms with Crippen LogP contribution in [0.4, 0.5) is 0 Å². The number of halogens is 1. The molecule has 1 rings (SSSR count). The lowest BCUT2D eigenvalue weighted by Gasteiger charge is -2.24. The van der Waals surface area contributed by atoms with Crippen LogP contribution < -0.4 is 4.74 Å². The van der Waals surface area contributed by atoms with Crippen LogP contribution in [0.1, 0.15) is 51.5 Å². The zero-order valence-corrected chi connectivity index (χ0v) is 14.0. The summed E-state index contributed by atoms with van der Waals surface area (Å²) in [4.78, 5) is 2.44. The van der Waals surface area contributed by atoms with Gasteiger partial charge in [0.05, 0.1) is 11.5 Å². The third kappa shape index (κ3) is 6.15. The number of hydrogen-bond acceptors (Lipinski definition) is 2. The van der Waals surface area contributed by atoms with E-state index in [4.69, 9.17) is 16.3 Å². The average Bonchev–Trinajstić information content (AvgIpc) is 2.39. The van der Waals surface area contributed by atoms with Crippen molar-refractivity contribution in [2.75, 3.05) is 19.6 Å². The molecule has 0 aliphatic carbocycles. The lowest BCUT2D eigenvalue weighted by molar-refractivity contribution is 0.242. The molecule has 0 aliphatic heterocycles. The second-order valence-corrected chi connectivity index (χ2v) is 6.03. The van der Waals surface area contributed by atoms with E-state index in [9.17, 15) is 0 Å². The van der Waals surface area contributed by atoms with Crippen molar-refractivity contribution >= 4 is 11.6 Å². The maximum absolute atomic E-state index is 6.55. The van der Waals surface area contributed by atoms with Crippen molar-refractivity contribution < 1.29 is 4.74 Å². The molecule has 114 valence electrons. The Bertz CT molecular complexity index is 358. The van der Waals surface area contributed by atoms with Crippen LogP contribution in [0.2, 0.25) is 0 Å². The summed E-state index contributed by atoms with van der Waals surface area (Å²) in [6, 6.07) is 8.17. The minimum atomic E-state index is 0.0428. The molecule has 0 fully saturated rings. The van der Waals surface area contributed by atoms with Crippen LogP contribution in [0.15, 0.2) is 24.3 Å². The molecular formula is C17H28ClNO. The molecule has 1 atom stereocenters. The Morgan fingerprint density at radius 1 is 1.05 bits per heavy atom. The summed E-state index contributed by atoms with van der Waals surface area (Å²) in [5.74, 6) is 0.909. The molecule has 1 aromatic carbocycles. The summed E-state index contributed by atoms with van der Waals surface area (Å²) < 4.78 is 5.65.